The summed E-state index contributed by atoms with van der Waals surface area (Å²) in [5.74, 6) is 0.347. The molecule has 0 saturated heterocycles. The second-order valence-electron chi connectivity index (χ2n) is 5.76. The number of oxime groups is 1. The lowest BCUT2D eigenvalue weighted by molar-refractivity contribution is 0.305. The fraction of sp³-hybridized carbons (Fsp3) is 0.438. The number of benzene rings is 1. The molecule has 0 radical (unpaired) electrons. The molecule has 2 atom stereocenters. The van der Waals surface area contributed by atoms with Gasteiger partial charge in [-0.3, -0.25) is 0 Å². The van der Waals surface area contributed by atoms with Crippen LogP contribution in [0.25, 0.3) is 0 Å². The average Bonchev–Trinajstić information content (AvgIpc) is 2.55. The van der Waals surface area contributed by atoms with E-state index in [1.54, 1.807) is 0 Å². The van der Waals surface area contributed by atoms with E-state index in [2.05, 4.69) is 17.3 Å². The minimum Gasteiger partial charge on any atom is -0.497 e. The summed E-state index contributed by atoms with van der Waals surface area (Å²) in [6.07, 6.45) is 6.27. The van der Waals surface area contributed by atoms with E-state index < -0.39 is 5.41 Å². The highest BCUT2D eigenvalue weighted by Gasteiger charge is 2.44. The summed E-state index contributed by atoms with van der Waals surface area (Å²) in [4.78, 5) is 0. The Hall–Kier alpha value is -1.84. The average molecular weight is 275 g/mol. The number of nitrogens with zero attached hydrogens (tertiary/aromatic N) is 1. The SMILES string of the molecule is COc1cc(F)c2c(c1)C1(C)CC=CCC(C2)C1=NO. The lowest BCUT2D eigenvalue weighted by Gasteiger charge is -2.39. The third-order valence-corrected chi connectivity index (χ3v) is 4.62. The molecule has 0 aliphatic heterocycles. The van der Waals surface area contributed by atoms with Crippen molar-refractivity contribution in [3.05, 3.63) is 41.2 Å². The van der Waals surface area contributed by atoms with Crippen molar-refractivity contribution in [2.75, 3.05) is 7.11 Å². The summed E-state index contributed by atoms with van der Waals surface area (Å²) >= 11 is 0. The van der Waals surface area contributed by atoms with E-state index in [0.717, 1.165) is 23.3 Å². The minimum absolute atomic E-state index is 0.0687. The van der Waals surface area contributed by atoms with E-state index in [4.69, 9.17) is 4.74 Å². The van der Waals surface area contributed by atoms with Crippen LogP contribution in [0.2, 0.25) is 0 Å². The van der Waals surface area contributed by atoms with Gasteiger partial charge in [-0.1, -0.05) is 17.3 Å². The number of rotatable bonds is 1. The van der Waals surface area contributed by atoms with Gasteiger partial charge in [-0.2, -0.15) is 0 Å². The van der Waals surface area contributed by atoms with Crippen LogP contribution in [0.15, 0.2) is 29.4 Å². The number of methoxy groups -OCH3 is 1. The minimum atomic E-state index is -0.463. The quantitative estimate of drug-likeness (QED) is 0.484. The Morgan fingerprint density at radius 1 is 1.40 bits per heavy atom. The van der Waals surface area contributed by atoms with Crippen LogP contribution in [0, 0.1) is 11.7 Å². The first-order valence-electron chi connectivity index (χ1n) is 6.84. The highest BCUT2D eigenvalue weighted by atomic mass is 19.1. The van der Waals surface area contributed by atoms with Crippen molar-refractivity contribution >= 4 is 5.71 Å². The second-order valence-corrected chi connectivity index (χ2v) is 5.76. The van der Waals surface area contributed by atoms with Crippen LogP contribution in [0.3, 0.4) is 0 Å². The van der Waals surface area contributed by atoms with Gasteiger partial charge in [0.15, 0.2) is 0 Å². The summed E-state index contributed by atoms with van der Waals surface area (Å²) in [7, 11) is 1.53. The smallest absolute Gasteiger partial charge is 0.130 e. The molecule has 0 aromatic heterocycles. The molecule has 4 heteroatoms. The van der Waals surface area contributed by atoms with Gasteiger partial charge in [0.1, 0.15) is 11.6 Å². The van der Waals surface area contributed by atoms with E-state index in [0.29, 0.717) is 18.6 Å². The molecule has 0 saturated carbocycles. The number of hydrogen-bond acceptors (Lipinski definition) is 3. The third kappa shape index (κ3) is 1.74. The zero-order valence-corrected chi connectivity index (χ0v) is 11.7. The molecule has 1 N–H and O–H groups in total. The van der Waals surface area contributed by atoms with Gasteiger partial charge >= 0.3 is 0 Å². The Bertz CT molecular complexity index is 609. The fourth-order valence-corrected chi connectivity index (χ4v) is 3.54. The maximum absolute atomic E-state index is 14.4. The number of allylic oxidation sites excluding steroid dienone is 2. The normalized spacial score (nSPS) is 29.9. The molecule has 0 amide bonds. The molecule has 3 rings (SSSR count). The van der Waals surface area contributed by atoms with Crippen molar-refractivity contribution in [3.8, 4) is 5.75 Å². The van der Waals surface area contributed by atoms with Gasteiger partial charge in [0.25, 0.3) is 0 Å². The van der Waals surface area contributed by atoms with Crippen molar-refractivity contribution in [1.82, 2.24) is 0 Å². The number of hydrogen-bond donors (Lipinski definition) is 1. The molecule has 2 bridgehead atoms. The van der Waals surface area contributed by atoms with Crippen molar-refractivity contribution < 1.29 is 14.3 Å². The highest BCUT2D eigenvalue weighted by molar-refractivity contribution is 5.98. The Kier molecular flexibility index (Phi) is 3.04. The molecule has 3 nitrogen and oxygen atoms in total. The summed E-state index contributed by atoms with van der Waals surface area (Å²) in [5, 5.41) is 13.0. The molecule has 20 heavy (non-hydrogen) atoms. The summed E-state index contributed by atoms with van der Waals surface area (Å²) in [5.41, 5.74) is 1.90. The zero-order valence-electron chi connectivity index (χ0n) is 11.7. The van der Waals surface area contributed by atoms with Crippen LogP contribution in [0.4, 0.5) is 4.39 Å². The molecule has 0 fully saturated rings. The lowest BCUT2D eigenvalue weighted by Crippen LogP contribution is -2.42. The molecule has 0 spiro atoms. The molecule has 2 aliphatic carbocycles. The Morgan fingerprint density at radius 3 is 2.90 bits per heavy atom. The first kappa shape index (κ1) is 13.2. The molecular weight excluding hydrogens is 257 g/mol. The number of fused-ring (bicyclic) bond motifs is 4. The Balaban J connectivity index is 2.27. The Labute approximate surface area is 117 Å². The topological polar surface area (TPSA) is 41.8 Å². The summed E-state index contributed by atoms with van der Waals surface area (Å²) < 4.78 is 19.5. The molecule has 0 heterocycles. The summed E-state index contributed by atoms with van der Waals surface area (Å²) in [6, 6.07) is 3.31. The maximum Gasteiger partial charge on any atom is 0.130 e. The predicted octanol–water partition coefficient (Wildman–Crippen LogP) is 3.44. The van der Waals surface area contributed by atoms with Gasteiger partial charge in [-0.15, -0.1) is 0 Å². The number of halogens is 1. The lowest BCUT2D eigenvalue weighted by atomic mass is 9.64. The molecule has 2 unspecified atom stereocenters. The van der Waals surface area contributed by atoms with Gasteiger partial charge < -0.3 is 9.94 Å². The van der Waals surface area contributed by atoms with Crippen molar-refractivity contribution in [2.45, 2.75) is 31.6 Å². The van der Waals surface area contributed by atoms with E-state index in [9.17, 15) is 9.60 Å². The zero-order chi connectivity index (χ0) is 14.3. The van der Waals surface area contributed by atoms with Crippen LogP contribution in [-0.2, 0) is 11.8 Å². The van der Waals surface area contributed by atoms with Gasteiger partial charge in [-0.25, -0.2) is 4.39 Å². The van der Waals surface area contributed by atoms with Crippen LogP contribution in [0.5, 0.6) is 5.75 Å². The molecule has 2 aliphatic rings. The van der Waals surface area contributed by atoms with Gasteiger partial charge in [0.05, 0.1) is 12.8 Å². The Morgan fingerprint density at radius 2 is 2.20 bits per heavy atom. The van der Waals surface area contributed by atoms with E-state index in [1.165, 1.54) is 13.2 Å². The van der Waals surface area contributed by atoms with Crippen molar-refractivity contribution in [1.29, 1.82) is 0 Å². The molecule has 106 valence electrons. The van der Waals surface area contributed by atoms with Crippen molar-refractivity contribution in [2.24, 2.45) is 11.1 Å². The highest BCUT2D eigenvalue weighted by Crippen LogP contribution is 2.45. The molecular formula is C16H18FNO2. The molecule has 1 aromatic carbocycles. The first-order valence-corrected chi connectivity index (χ1v) is 6.84. The van der Waals surface area contributed by atoms with Crippen molar-refractivity contribution in [3.63, 3.8) is 0 Å². The van der Waals surface area contributed by atoms with Gasteiger partial charge in [0, 0.05) is 17.4 Å². The van der Waals surface area contributed by atoms with Crippen LogP contribution < -0.4 is 4.74 Å². The fourth-order valence-electron chi connectivity index (χ4n) is 3.54. The van der Waals surface area contributed by atoms with E-state index in [1.807, 2.05) is 13.0 Å². The third-order valence-electron chi connectivity index (χ3n) is 4.62. The largest absolute Gasteiger partial charge is 0.497 e. The molecule has 1 aromatic rings. The van der Waals surface area contributed by atoms with Gasteiger partial charge in [0.2, 0.25) is 0 Å². The van der Waals surface area contributed by atoms with Crippen LogP contribution in [-0.4, -0.2) is 18.0 Å². The van der Waals surface area contributed by atoms with E-state index >= 15 is 0 Å². The standard InChI is InChI=1S/C16H18FNO2/c1-16-6-4-3-5-10(15(16)18-19)7-12-13(16)8-11(20-2)9-14(12)17/h3-4,8-10,19H,5-7H2,1-2H3. The van der Waals surface area contributed by atoms with Crippen LogP contribution >= 0.6 is 0 Å². The van der Waals surface area contributed by atoms with E-state index in [-0.39, 0.29) is 11.7 Å². The maximum atomic E-state index is 14.4. The second kappa shape index (κ2) is 4.62. The number of ether oxygens (including phenoxy) is 1. The van der Waals surface area contributed by atoms with Crippen LogP contribution in [0.1, 0.15) is 30.9 Å². The predicted molar refractivity (Wildman–Crippen MR) is 75.1 cm³/mol. The monoisotopic (exact) mass is 275 g/mol. The summed E-state index contributed by atoms with van der Waals surface area (Å²) in [6.45, 7) is 2.02. The van der Waals surface area contributed by atoms with Gasteiger partial charge in [-0.05, 0) is 43.4 Å². The first-order chi connectivity index (χ1) is 9.60.